The van der Waals surface area contributed by atoms with Crippen LogP contribution in [0.1, 0.15) is 58.7 Å². The molecular weight excluding hydrogens is 370 g/mol. The number of piperidine rings is 2. The number of piperazine rings is 1. The second kappa shape index (κ2) is 7.53. The summed E-state index contributed by atoms with van der Waals surface area (Å²) in [5, 5.41) is 10.5. The lowest BCUT2D eigenvalue weighted by molar-refractivity contribution is -0.139. The van der Waals surface area contributed by atoms with Crippen molar-refractivity contribution in [1.29, 1.82) is 0 Å². The van der Waals surface area contributed by atoms with Gasteiger partial charge in [0, 0.05) is 48.5 Å². The van der Waals surface area contributed by atoms with Crippen molar-refractivity contribution in [3.05, 3.63) is 34.2 Å². The van der Waals surface area contributed by atoms with E-state index in [1.165, 1.54) is 0 Å². The van der Waals surface area contributed by atoms with Gasteiger partial charge in [-0.3, -0.25) is 9.59 Å². The Morgan fingerprint density at radius 3 is 2.10 bits per heavy atom. The maximum atomic E-state index is 13.1. The minimum atomic E-state index is -0.103. The van der Waals surface area contributed by atoms with Gasteiger partial charge < -0.3 is 9.80 Å². The van der Waals surface area contributed by atoms with Crippen LogP contribution in [-0.4, -0.2) is 72.2 Å². The summed E-state index contributed by atoms with van der Waals surface area (Å²) in [7, 11) is 0. The molecule has 0 radical (unpaired) electrons. The molecule has 2 aromatic heterocycles. The molecule has 2 bridgehead atoms. The fourth-order valence-electron chi connectivity index (χ4n) is 4.48. The summed E-state index contributed by atoms with van der Waals surface area (Å²) in [6, 6.07) is 0.0635. The van der Waals surface area contributed by atoms with E-state index in [1.54, 1.807) is 6.92 Å². The van der Waals surface area contributed by atoms with Crippen molar-refractivity contribution in [2.75, 3.05) is 13.1 Å². The number of H-pyrrole nitrogens is 1. The Hall–Kier alpha value is -2.84. The summed E-state index contributed by atoms with van der Waals surface area (Å²) >= 11 is 0. The number of nitrogens with one attached hydrogen (secondary N) is 1. The SMILES string of the molecule is CCc1nc(C)c(CC(=O)N2CC3CCC2CN3C(=O)c2n[nH]nc2C)c(C)n1. The van der Waals surface area contributed by atoms with Crippen LogP contribution in [0.5, 0.6) is 0 Å². The highest BCUT2D eigenvalue weighted by Crippen LogP contribution is 2.31. The zero-order valence-electron chi connectivity index (χ0n) is 17.4. The lowest BCUT2D eigenvalue weighted by Gasteiger charge is -2.51. The van der Waals surface area contributed by atoms with Crippen molar-refractivity contribution in [3.63, 3.8) is 0 Å². The monoisotopic (exact) mass is 397 g/mol. The van der Waals surface area contributed by atoms with Gasteiger partial charge in [-0.25, -0.2) is 9.97 Å². The van der Waals surface area contributed by atoms with Gasteiger partial charge in [-0.1, -0.05) is 6.92 Å². The summed E-state index contributed by atoms with van der Waals surface area (Å²) in [5.74, 6) is 0.794. The Morgan fingerprint density at radius 1 is 0.966 bits per heavy atom. The molecule has 1 N–H and O–H groups in total. The first-order valence-electron chi connectivity index (χ1n) is 10.2. The zero-order chi connectivity index (χ0) is 20.7. The maximum Gasteiger partial charge on any atom is 0.276 e. The lowest BCUT2D eigenvalue weighted by Crippen LogP contribution is -2.65. The zero-order valence-corrected chi connectivity index (χ0v) is 17.4. The average Bonchev–Trinajstić information content (AvgIpc) is 3.15. The molecule has 3 aliphatic rings. The van der Waals surface area contributed by atoms with Gasteiger partial charge in [0.05, 0.1) is 12.1 Å². The molecular formula is C20H27N7O2. The van der Waals surface area contributed by atoms with Gasteiger partial charge in [0.15, 0.2) is 5.69 Å². The van der Waals surface area contributed by atoms with E-state index in [0.717, 1.165) is 42.0 Å². The predicted octanol–water partition coefficient (Wildman–Crippen LogP) is 1.14. The van der Waals surface area contributed by atoms with Crippen LogP contribution >= 0.6 is 0 Å². The number of carbonyl (C=O) groups excluding carboxylic acids is 2. The van der Waals surface area contributed by atoms with Crippen LogP contribution in [0.2, 0.25) is 0 Å². The van der Waals surface area contributed by atoms with Crippen molar-refractivity contribution in [1.82, 2.24) is 35.2 Å². The van der Waals surface area contributed by atoms with Crippen LogP contribution in [0.25, 0.3) is 0 Å². The predicted molar refractivity (Wildman–Crippen MR) is 105 cm³/mol. The Labute approximate surface area is 169 Å². The van der Waals surface area contributed by atoms with E-state index in [-0.39, 0.29) is 23.9 Å². The molecule has 2 atom stereocenters. The number of aryl methyl sites for hydroxylation is 4. The Bertz CT molecular complexity index is 931. The molecule has 2 aromatic rings. The van der Waals surface area contributed by atoms with Crippen molar-refractivity contribution >= 4 is 11.8 Å². The topological polar surface area (TPSA) is 108 Å². The van der Waals surface area contributed by atoms with Gasteiger partial charge in [0.25, 0.3) is 5.91 Å². The van der Waals surface area contributed by atoms with Crippen LogP contribution in [0.3, 0.4) is 0 Å². The molecule has 2 amide bonds. The number of fused-ring (bicyclic) bond motifs is 3. The van der Waals surface area contributed by atoms with E-state index in [4.69, 9.17) is 0 Å². The third kappa shape index (κ3) is 3.49. The van der Waals surface area contributed by atoms with Crippen LogP contribution in [0.4, 0.5) is 0 Å². The minimum absolute atomic E-state index is 0.0217. The van der Waals surface area contributed by atoms with Crippen LogP contribution in [0.15, 0.2) is 0 Å². The first kappa shape index (κ1) is 19.5. The molecule has 2 unspecified atom stereocenters. The van der Waals surface area contributed by atoms with Crippen molar-refractivity contribution in [2.45, 2.75) is 65.5 Å². The molecule has 0 spiro atoms. The number of hydrogen-bond donors (Lipinski definition) is 1. The summed E-state index contributed by atoms with van der Waals surface area (Å²) in [6.45, 7) is 8.80. The summed E-state index contributed by atoms with van der Waals surface area (Å²) in [6.07, 6.45) is 2.91. The molecule has 3 aliphatic heterocycles. The first-order chi connectivity index (χ1) is 13.9. The third-order valence-electron chi connectivity index (χ3n) is 6.15. The van der Waals surface area contributed by atoms with Gasteiger partial charge in [0.2, 0.25) is 5.91 Å². The van der Waals surface area contributed by atoms with Gasteiger partial charge in [0.1, 0.15) is 5.82 Å². The maximum absolute atomic E-state index is 13.1. The highest BCUT2D eigenvalue weighted by atomic mass is 16.2. The van der Waals surface area contributed by atoms with Crippen LogP contribution in [-0.2, 0) is 17.6 Å². The number of hydrogen-bond acceptors (Lipinski definition) is 6. The van der Waals surface area contributed by atoms with E-state index in [1.807, 2.05) is 30.6 Å². The smallest absolute Gasteiger partial charge is 0.276 e. The van der Waals surface area contributed by atoms with Gasteiger partial charge in [-0.15, -0.1) is 0 Å². The molecule has 5 rings (SSSR count). The number of carbonyl (C=O) groups is 2. The second-order valence-electron chi connectivity index (χ2n) is 7.97. The first-order valence-corrected chi connectivity index (χ1v) is 10.2. The third-order valence-corrected chi connectivity index (χ3v) is 6.15. The quantitative estimate of drug-likeness (QED) is 0.829. The molecule has 154 valence electrons. The molecule has 0 aliphatic carbocycles. The lowest BCUT2D eigenvalue weighted by atomic mass is 9.89. The summed E-state index contributed by atoms with van der Waals surface area (Å²) in [5.41, 5.74) is 3.65. The fraction of sp³-hybridized carbons (Fsp3) is 0.600. The number of rotatable bonds is 4. The van der Waals surface area contributed by atoms with Gasteiger partial charge >= 0.3 is 0 Å². The molecule has 0 saturated carbocycles. The molecule has 9 heteroatoms. The second-order valence-corrected chi connectivity index (χ2v) is 7.97. The fourth-order valence-corrected chi connectivity index (χ4v) is 4.48. The van der Waals surface area contributed by atoms with Gasteiger partial charge in [-0.05, 0) is 33.6 Å². The number of nitrogens with zero attached hydrogens (tertiary/aromatic N) is 6. The Morgan fingerprint density at radius 2 is 1.59 bits per heavy atom. The van der Waals surface area contributed by atoms with Crippen molar-refractivity contribution < 1.29 is 9.59 Å². The minimum Gasteiger partial charge on any atom is -0.336 e. The number of aromatic amines is 1. The van der Waals surface area contributed by atoms with Crippen LogP contribution in [0, 0.1) is 20.8 Å². The highest BCUT2D eigenvalue weighted by molar-refractivity contribution is 5.93. The van der Waals surface area contributed by atoms with Crippen molar-refractivity contribution in [2.24, 2.45) is 0 Å². The molecule has 0 aromatic carbocycles. The summed E-state index contributed by atoms with van der Waals surface area (Å²) < 4.78 is 0. The standard InChI is InChI=1S/C20H27N7O2/c1-5-17-21-11(2)16(12(3)22-17)8-18(28)26-9-15-7-6-14(26)10-27(15)20(29)19-13(4)23-25-24-19/h14-15H,5-10H2,1-4H3,(H,23,24,25). The van der Waals surface area contributed by atoms with E-state index < -0.39 is 0 Å². The highest BCUT2D eigenvalue weighted by Gasteiger charge is 2.43. The Balaban J connectivity index is 1.48. The van der Waals surface area contributed by atoms with Gasteiger partial charge in [-0.2, -0.15) is 15.4 Å². The molecule has 3 fully saturated rings. The van der Waals surface area contributed by atoms with E-state index >= 15 is 0 Å². The van der Waals surface area contributed by atoms with Crippen LogP contribution < -0.4 is 0 Å². The molecule has 5 heterocycles. The molecule has 29 heavy (non-hydrogen) atoms. The largest absolute Gasteiger partial charge is 0.336 e. The molecule has 3 saturated heterocycles. The molecule has 9 nitrogen and oxygen atoms in total. The Kier molecular flexibility index (Phi) is 5.06. The van der Waals surface area contributed by atoms with E-state index in [9.17, 15) is 9.59 Å². The van der Waals surface area contributed by atoms with Crippen molar-refractivity contribution in [3.8, 4) is 0 Å². The number of aromatic nitrogens is 5. The number of amides is 2. The average molecular weight is 397 g/mol. The summed E-state index contributed by atoms with van der Waals surface area (Å²) in [4.78, 5) is 38.8. The normalized spacial score (nSPS) is 21.0. The van der Waals surface area contributed by atoms with E-state index in [2.05, 4.69) is 25.4 Å². The van der Waals surface area contributed by atoms with E-state index in [0.29, 0.717) is 30.9 Å².